The van der Waals surface area contributed by atoms with Crippen LogP contribution in [-0.2, 0) is 11.3 Å². The van der Waals surface area contributed by atoms with Gasteiger partial charge < -0.3 is 30.5 Å². The Morgan fingerprint density at radius 3 is 2.59 bits per heavy atom. The summed E-state index contributed by atoms with van der Waals surface area (Å²) in [7, 11) is 2.51. The molecule has 4 aromatic rings. The minimum atomic E-state index is -1.43. The maximum Gasteiger partial charge on any atom is 0.349 e. The van der Waals surface area contributed by atoms with Gasteiger partial charge in [-0.2, -0.15) is 0 Å². The Kier molecular flexibility index (Phi) is 7.49. The Bertz CT molecular complexity index is 1500. The van der Waals surface area contributed by atoms with Gasteiger partial charge in [0.1, 0.15) is 16.2 Å². The maximum atomic E-state index is 14.7. The fraction of sp³-hybridized carbons (Fsp3) is 0.120. The molecular weight excluding hydrogens is 503 g/mol. The van der Waals surface area contributed by atoms with Crippen molar-refractivity contribution in [2.75, 3.05) is 30.2 Å². The first-order chi connectivity index (χ1) is 17.8. The van der Waals surface area contributed by atoms with Gasteiger partial charge in [-0.3, -0.25) is 4.98 Å². The minimum Gasteiger partial charge on any atom is -0.494 e. The second kappa shape index (κ2) is 10.9. The number of thiophene rings is 1. The van der Waals surface area contributed by atoms with Gasteiger partial charge in [0.2, 0.25) is 0 Å². The van der Waals surface area contributed by atoms with E-state index in [1.165, 1.54) is 18.6 Å². The standard InChI is InChI=1S/C25H21FN4O6S/c1-35-20-8-16(26)17(9-18(20)28-10-14-5-3-4-13-6-7-27-11-15(13)14)29-25(34)30-19-12-37-22(24(33)36-2)21(19)23(31)32/h3-9,11-12,28H,10H2,1-2H3,(H,31,32)(H2,29,30,34). The Hall–Kier alpha value is -4.71. The number of esters is 1. The van der Waals surface area contributed by atoms with Crippen molar-refractivity contribution in [2.45, 2.75) is 6.54 Å². The van der Waals surface area contributed by atoms with Crippen molar-refractivity contribution < 1.29 is 33.4 Å². The van der Waals surface area contributed by atoms with E-state index in [1.54, 1.807) is 12.4 Å². The molecule has 0 aliphatic rings. The maximum absolute atomic E-state index is 14.7. The number of carbonyl (C=O) groups excluding carboxylic acids is 2. The highest BCUT2D eigenvalue weighted by Gasteiger charge is 2.25. The van der Waals surface area contributed by atoms with E-state index in [9.17, 15) is 23.9 Å². The number of rotatable bonds is 8. The van der Waals surface area contributed by atoms with Crippen LogP contribution < -0.4 is 20.7 Å². The van der Waals surface area contributed by atoms with Crippen LogP contribution in [0.2, 0.25) is 0 Å². The molecule has 0 aliphatic heterocycles. The van der Waals surface area contributed by atoms with Crippen molar-refractivity contribution >= 4 is 57.1 Å². The molecule has 0 atom stereocenters. The van der Waals surface area contributed by atoms with Gasteiger partial charge in [-0.15, -0.1) is 11.3 Å². The number of carbonyl (C=O) groups is 3. The molecule has 2 heterocycles. The summed E-state index contributed by atoms with van der Waals surface area (Å²) in [6.07, 6.45) is 3.46. The van der Waals surface area contributed by atoms with Crippen molar-refractivity contribution in [1.82, 2.24) is 4.98 Å². The van der Waals surface area contributed by atoms with Crippen molar-refractivity contribution in [3.05, 3.63) is 76.0 Å². The third-order valence-electron chi connectivity index (χ3n) is 5.40. The topological polar surface area (TPSA) is 139 Å². The smallest absolute Gasteiger partial charge is 0.349 e. The number of urea groups is 1. The van der Waals surface area contributed by atoms with Crippen LogP contribution in [0.4, 0.5) is 26.2 Å². The van der Waals surface area contributed by atoms with Crippen LogP contribution in [0.5, 0.6) is 5.75 Å². The highest BCUT2D eigenvalue weighted by Crippen LogP contribution is 2.32. The summed E-state index contributed by atoms with van der Waals surface area (Å²) in [4.78, 5) is 40.1. The van der Waals surface area contributed by atoms with Crippen molar-refractivity contribution in [2.24, 2.45) is 0 Å². The number of hydrogen-bond acceptors (Lipinski definition) is 8. The summed E-state index contributed by atoms with van der Waals surface area (Å²) in [6.45, 7) is 0.365. The molecule has 0 radical (unpaired) electrons. The number of ether oxygens (including phenoxy) is 2. The highest BCUT2D eigenvalue weighted by atomic mass is 32.1. The summed E-state index contributed by atoms with van der Waals surface area (Å²) in [5, 5.41) is 20.6. The molecule has 12 heteroatoms. The molecule has 0 aliphatic carbocycles. The molecule has 0 bridgehead atoms. The summed E-state index contributed by atoms with van der Waals surface area (Å²) in [5.41, 5.74) is 0.626. The first-order valence-corrected chi connectivity index (χ1v) is 11.6. The van der Waals surface area contributed by atoms with Crippen LogP contribution >= 0.6 is 11.3 Å². The number of halogens is 1. The Labute approximate surface area is 214 Å². The van der Waals surface area contributed by atoms with Gasteiger partial charge in [-0.05, 0) is 23.1 Å². The lowest BCUT2D eigenvalue weighted by molar-refractivity contribution is 0.0589. The molecule has 2 amide bonds. The largest absolute Gasteiger partial charge is 0.494 e. The van der Waals surface area contributed by atoms with Gasteiger partial charge in [0.25, 0.3) is 0 Å². The molecule has 2 aromatic carbocycles. The van der Waals surface area contributed by atoms with Crippen LogP contribution in [-0.4, -0.2) is 42.3 Å². The number of pyridine rings is 1. The number of nitrogens with zero attached hydrogens (tertiary/aromatic N) is 1. The van der Waals surface area contributed by atoms with Gasteiger partial charge >= 0.3 is 18.0 Å². The number of anilines is 3. The predicted molar refractivity (Wildman–Crippen MR) is 137 cm³/mol. The zero-order valence-corrected chi connectivity index (χ0v) is 20.4. The number of amides is 2. The Balaban J connectivity index is 1.54. The number of benzene rings is 2. The monoisotopic (exact) mass is 524 g/mol. The zero-order chi connectivity index (χ0) is 26.5. The van der Waals surface area contributed by atoms with E-state index in [0.29, 0.717) is 12.2 Å². The lowest BCUT2D eigenvalue weighted by Crippen LogP contribution is -2.21. The molecular formula is C25H21FN4O6S. The van der Waals surface area contributed by atoms with Gasteiger partial charge in [0.05, 0.1) is 31.3 Å². The minimum absolute atomic E-state index is 0.132. The molecule has 10 nitrogen and oxygen atoms in total. The first-order valence-electron chi connectivity index (χ1n) is 10.8. The van der Waals surface area contributed by atoms with E-state index in [2.05, 4.69) is 25.7 Å². The number of carboxylic acid groups (broad SMARTS) is 1. The van der Waals surface area contributed by atoms with Crippen molar-refractivity contribution in [3.8, 4) is 5.75 Å². The lowest BCUT2D eigenvalue weighted by atomic mass is 10.1. The molecule has 2 aromatic heterocycles. The number of aromatic nitrogens is 1. The Morgan fingerprint density at radius 2 is 1.86 bits per heavy atom. The van der Waals surface area contributed by atoms with Crippen LogP contribution in [0, 0.1) is 5.82 Å². The number of nitrogens with one attached hydrogen (secondary N) is 3. The van der Waals surface area contributed by atoms with E-state index in [4.69, 9.17) is 4.74 Å². The molecule has 4 rings (SSSR count). The fourth-order valence-electron chi connectivity index (χ4n) is 3.66. The first kappa shape index (κ1) is 25.4. The van der Waals surface area contributed by atoms with Gasteiger partial charge in [0, 0.05) is 35.8 Å². The van der Waals surface area contributed by atoms with Crippen LogP contribution in [0.1, 0.15) is 25.6 Å². The van der Waals surface area contributed by atoms with Gasteiger partial charge in [-0.25, -0.2) is 18.8 Å². The number of carboxylic acids is 1. The van der Waals surface area contributed by atoms with Gasteiger partial charge in [0.15, 0.2) is 5.82 Å². The molecule has 0 saturated carbocycles. The molecule has 4 N–H and O–H groups in total. The van der Waals surface area contributed by atoms with Gasteiger partial charge in [-0.1, -0.05) is 18.2 Å². The third-order valence-corrected chi connectivity index (χ3v) is 6.36. The predicted octanol–water partition coefficient (Wildman–Crippen LogP) is 5.18. The fourth-order valence-corrected chi connectivity index (χ4v) is 4.57. The molecule has 0 spiro atoms. The van der Waals surface area contributed by atoms with E-state index < -0.39 is 29.4 Å². The van der Waals surface area contributed by atoms with E-state index in [0.717, 1.165) is 40.8 Å². The summed E-state index contributed by atoms with van der Waals surface area (Å²) < 4.78 is 24.6. The van der Waals surface area contributed by atoms with Crippen molar-refractivity contribution in [1.29, 1.82) is 0 Å². The normalized spacial score (nSPS) is 10.6. The van der Waals surface area contributed by atoms with Crippen LogP contribution in [0.3, 0.4) is 0 Å². The van der Waals surface area contributed by atoms with Crippen molar-refractivity contribution in [3.63, 3.8) is 0 Å². The third kappa shape index (κ3) is 5.43. The molecule has 190 valence electrons. The molecule has 0 unspecified atom stereocenters. The van der Waals surface area contributed by atoms with Crippen LogP contribution in [0.25, 0.3) is 10.8 Å². The Morgan fingerprint density at radius 1 is 1.08 bits per heavy atom. The summed E-state index contributed by atoms with van der Waals surface area (Å²) in [5.74, 6) is -2.83. The lowest BCUT2D eigenvalue weighted by Gasteiger charge is -2.15. The van der Waals surface area contributed by atoms with Crippen LogP contribution in [0.15, 0.2) is 54.2 Å². The summed E-state index contributed by atoms with van der Waals surface area (Å²) in [6, 6.07) is 9.29. The number of hydrogen-bond donors (Lipinski definition) is 4. The van der Waals surface area contributed by atoms with E-state index in [-0.39, 0.29) is 22.0 Å². The average Bonchev–Trinajstić information content (AvgIpc) is 3.31. The number of aromatic carboxylic acids is 1. The molecule has 0 fully saturated rings. The van der Waals surface area contributed by atoms with E-state index in [1.807, 2.05) is 24.3 Å². The quantitative estimate of drug-likeness (QED) is 0.231. The number of fused-ring (bicyclic) bond motifs is 1. The SMILES string of the molecule is COC(=O)c1scc(NC(=O)Nc2cc(NCc3cccc4ccncc34)c(OC)cc2F)c1C(=O)O. The molecule has 37 heavy (non-hydrogen) atoms. The average molecular weight is 525 g/mol. The number of methoxy groups -OCH3 is 2. The zero-order valence-electron chi connectivity index (χ0n) is 19.6. The summed E-state index contributed by atoms with van der Waals surface area (Å²) >= 11 is 0.798. The second-order valence-electron chi connectivity index (χ2n) is 7.63. The molecule has 0 saturated heterocycles. The highest BCUT2D eigenvalue weighted by molar-refractivity contribution is 7.13. The second-order valence-corrected chi connectivity index (χ2v) is 8.51. The van der Waals surface area contributed by atoms with E-state index >= 15 is 0 Å².